The number of thioether (sulfide) groups is 1. The maximum absolute atomic E-state index is 13.9. The highest BCUT2D eigenvalue weighted by Gasteiger charge is 2.52. The van der Waals surface area contributed by atoms with E-state index in [1.54, 1.807) is 18.5 Å². The monoisotopic (exact) mass is 640 g/mol. The van der Waals surface area contributed by atoms with E-state index in [1.807, 2.05) is 0 Å². The number of hydrogen-bond donors (Lipinski definition) is 0. The minimum atomic E-state index is -1.17. The second-order valence-corrected chi connectivity index (χ2v) is 10.7. The molecule has 1 aliphatic heterocycles. The molecule has 0 N–H and O–H groups in total. The molecule has 5 atom stereocenters. The Morgan fingerprint density at radius 3 is 2.40 bits per heavy atom. The van der Waals surface area contributed by atoms with Crippen molar-refractivity contribution in [3.63, 3.8) is 0 Å². The van der Waals surface area contributed by atoms with Crippen molar-refractivity contribution >= 4 is 45.6 Å². The summed E-state index contributed by atoms with van der Waals surface area (Å²) in [5, 5.41) is 8.22. The molecule has 40 heavy (non-hydrogen) atoms. The van der Waals surface area contributed by atoms with Crippen molar-refractivity contribution in [1.29, 1.82) is 0 Å². The average molecular weight is 641 g/mol. The van der Waals surface area contributed by atoms with E-state index in [2.05, 4.69) is 31.2 Å². The first-order chi connectivity index (χ1) is 19.0. The van der Waals surface area contributed by atoms with Gasteiger partial charge in [0.15, 0.2) is 23.8 Å². The molecule has 1 fully saturated rings. The second kappa shape index (κ2) is 12.8. The molecule has 0 amide bonds. The van der Waals surface area contributed by atoms with Crippen LogP contribution < -0.4 is 0 Å². The van der Waals surface area contributed by atoms with Crippen molar-refractivity contribution in [3.8, 4) is 11.3 Å². The summed E-state index contributed by atoms with van der Waals surface area (Å²) < 4.78 is 52.1. The average Bonchev–Trinajstić information content (AvgIpc) is 3.35. The van der Waals surface area contributed by atoms with Crippen LogP contribution in [0.2, 0.25) is 0 Å². The highest BCUT2D eigenvalue weighted by Crippen LogP contribution is 2.41. The molecule has 0 saturated carbocycles. The topological polar surface area (TPSA) is 132 Å². The number of nitrogens with zero attached hydrogens (tertiary/aromatic N) is 4. The molecule has 212 valence electrons. The lowest BCUT2D eigenvalue weighted by atomic mass is 9.96. The van der Waals surface area contributed by atoms with E-state index < -0.39 is 59.3 Å². The molecule has 11 nitrogen and oxygen atoms in total. The van der Waals surface area contributed by atoms with Gasteiger partial charge >= 0.3 is 17.9 Å². The van der Waals surface area contributed by atoms with Crippen LogP contribution in [0.5, 0.6) is 0 Å². The van der Waals surface area contributed by atoms with Crippen molar-refractivity contribution in [2.24, 2.45) is 0 Å². The zero-order chi connectivity index (χ0) is 29.0. The first-order valence-electron chi connectivity index (χ1n) is 11.8. The number of hydrogen-bond acceptors (Lipinski definition) is 11. The number of carbonyl (C=O) groups excluding carboxylic acids is 3. The van der Waals surface area contributed by atoms with Gasteiger partial charge in [-0.3, -0.25) is 19.4 Å². The van der Waals surface area contributed by atoms with Crippen LogP contribution >= 0.6 is 27.7 Å². The van der Waals surface area contributed by atoms with Gasteiger partial charge in [-0.2, -0.15) is 0 Å². The van der Waals surface area contributed by atoms with E-state index in [4.69, 9.17) is 18.9 Å². The third kappa shape index (κ3) is 7.20. The molecule has 0 radical (unpaired) electrons. The Bertz CT molecular complexity index is 1410. The molecular weight excluding hydrogens is 618 g/mol. The minimum absolute atomic E-state index is 0.172. The van der Waals surface area contributed by atoms with Gasteiger partial charge in [-0.1, -0.05) is 17.0 Å². The van der Waals surface area contributed by atoms with Crippen LogP contribution in [-0.4, -0.2) is 68.2 Å². The van der Waals surface area contributed by atoms with E-state index in [0.29, 0.717) is 9.37 Å². The molecule has 3 aromatic rings. The molecule has 4 rings (SSSR count). The third-order valence-corrected chi connectivity index (χ3v) is 7.18. The first kappa shape index (κ1) is 29.6. The number of carbonyl (C=O) groups is 3. The van der Waals surface area contributed by atoms with Gasteiger partial charge in [-0.25, -0.2) is 13.5 Å². The molecule has 0 unspecified atom stereocenters. The van der Waals surface area contributed by atoms with Crippen molar-refractivity contribution in [2.75, 3.05) is 6.61 Å². The van der Waals surface area contributed by atoms with Gasteiger partial charge in [0.1, 0.15) is 29.9 Å². The van der Waals surface area contributed by atoms with E-state index in [0.717, 1.165) is 12.1 Å². The number of aromatic nitrogens is 4. The van der Waals surface area contributed by atoms with Gasteiger partial charge in [-0.15, -0.1) is 5.10 Å². The third-order valence-electron chi connectivity index (χ3n) is 5.63. The minimum Gasteiger partial charge on any atom is -0.463 e. The van der Waals surface area contributed by atoms with Crippen molar-refractivity contribution in [2.45, 2.75) is 55.5 Å². The maximum atomic E-state index is 13.9. The summed E-state index contributed by atoms with van der Waals surface area (Å²) in [5.41, 5.74) is -0.522. The Labute approximate surface area is 239 Å². The molecule has 3 heterocycles. The van der Waals surface area contributed by atoms with E-state index in [1.165, 1.54) is 49.5 Å². The van der Waals surface area contributed by atoms with E-state index in [9.17, 15) is 23.2 Å². The van der Waals surface area contributed by atoms with Crippen LogP contribution in [0.25, 0.3) is 11.3 Å². The molecule has 1 saturated heterocycles. The fourth-order valence-electron chi connectivity index (χ4n) is 4.08. The Morgan fingerprint density at radius 2 is 1.75 bits per heavy atom. The fraction of sp³-hybridized carbons (Fsp3) is 0.360. The standard InChI is InChI=1S/C25H23BrF2N4O7S/c1-12(33)36-11-21-23(37-13(2)34)22(32-10-20(30-31-32)15-4-5-18(27)19(28)6-15)24(38-14(3)35)25(39-21)40-17-7-16(26)8-29-9-17/h4-10,21-25H,11H2,1-3H3/t21-,22+,23+,24-,25-/m1/s1. The lowest BCUT2D eigenvalue weighted by molar-refractivity contribution is -0.212. The van der Waals surface area contributed by atoms with E-state index >= 15 is 0 Å². The molecule has 0 aliphatic carbocycles. The number of halogens is 3. The van der Waals surface area contributed by atoms with Gasteiger partial charge in [-0.05, 0) is 40.2 Å². The van der Waals surface area contributed by atoms with Crippen LogP contribution in [0.15, 0.2) is 52.2 Å². The normalized spacial score (nSPS) is 22.4. The van der Waals surface area contributed by atoms with Crippen molar-refractivity contribution < 1.29 is 42.1 Å². The Hall–Kier alpha value is -3.43. The molecule has 0 bridgehead atoms. The molecule has 1 aromatic carbocycles. The molecular formula is C25H23BrF2N4O7S. The summed E-state index contributed by atoms with van der Waals surface area (Å²) in [7, 11) is 0. The van der Waals surface area contributed by atoms with Crippen LogP contribution in [0, 0.1) is 11.6 Å². The number of pyridine rings is 1. The van der Waals surface area contributed by atoms with Gasteiger partial charge in [0.2, 0.25) is 0 Å². The molecule has 1 aliphatic rings. The summed E-state index contributed by atoms with van der Waals surface area (Å²) in [6, 6.07) is 3.98. The van der Waals surface area contributed by atoms with Crippen molar-refractivity contribution in [3.05, 3.63) is 59.0 Å². The first-order valence-corrected chi connectivity index (χ1v) is 13.5. The SMILES string of the molecule is CC(=O)OC[C@H]1O[C@H](Sc2cncc(Br)c2)[C@H](OC(C)=O)[C@@H](n2cc(-c3ccc(F)c(F)c3)nn2)[C@H]1OC(C)=O. The largest absolute Gasteiger partial charge is 0.463 e. The second-order valence-electron chi connectivity index (χ2n) is 8.65. The summed E-state index contributed by atoms with van der Waals surface area (Å²) in [5.74, 6) is -4.03. The van der Waals surface area contributed by atoms with Gasteiger partial charge in [0, 0.05) is 48.1 Å². The number of rotatable bonds is 8. The Kier molecular flexibility index (Phi) is 9.48. The van der Waals surface area contributed by atoms with Crippen LogP contribution in [0.4, 0.5) is 8.78 Å². The zero-order valence-corrected chi connectivity index (χ0v) is 23.7. The summed E-state index contributed by atoms with van der Waals surface area (Å²) >= 11 is 4.53. The predicted octanol–water partition coefficient (Wildman–Crippen LogP) is 3.87. The lowest BCUT2D eigenvalue weighted by Gasteiger charge is -2.44. The summed E-state index contributed by atoms with van der Waals surface area (Å²) in [4.78, 5) is 40.9. The summed E-state index contributed by atoms with van der Waals surface area (Å²) in [6.45, 7) is 3.31. The fourth-order valence-corrected chi connectivity index (χ4v) is 5.73. The van der Waals surface area contributed by atoms with Crippen LogP contribution in [0.1, 0.15) is 26.8 Å². The summed E-state index contributed by atoms with van der Waals surface area (Å²) in [6.07, 6.45) is 1.29. The Morgan fingerprint density at radius 1 is 1.02 bits per heavy atom. The number of benzene rings is 1. The maximum Gasteiger partial charge on any atom is 0.303 e. The number of esters is 3. The molecule has 15 heteroatoms. The molecule has 0 spiro atoms. The zero-order valence-electron chi connectivity index (χ0n) is 21.3. The highest BCUT2D eigenvalue weighted by molar-refractivity contribution is 9.10. The number of ether oxygens (including phenoxy) is 4. The Balaban J connectivity index is 1.80. The smallest absolute Gasteiger partial charge is 0.303 e. The quantitative estimate of drug-likeness (QED) is 0.262. The van der Waals surface area contributed by atoms with Gasteiger partial charge < -0.3 is 18.9 Å². The van der Waals surface area contributed by atoms with Crippen LogP contribution in [-0.2, 0) is 33.3 Å². The van der Waals surface area contributed by atoms with Crippen molar-refractivity contribution in [1.82, 2.24) is 20.0 Å². The predicted molar refractivity (Wildman–Crippen MR) is 139 cm³/mol. The molecule has 2 aromatic heterocycles. The van der Waals surface area contributed by atoms with Gasteiger partial charge in [0.25, 0.3) is 0 Å². The lowest BCUT2D eigenvalue weighted by Crippen LogP contribution is -2.57. The van der Waals surface area contributed by atoms with Gasteiger partial charge in [0.05, 0.1) is 6.20 Å². The van der Waals surface area contributed by atoms with E-state index in [-0.39, 0.29) is 17.9 Å². The highest BCUT2D eigenvalue weighted by atomic mass is 79.9. The van der Waals surface area contributed by atoms with Crippen LogP contribution in [0.3, 0.4) is 0 Å².